The van der Waals surface area contributed by atoms with Gasteiger partial charge < -0.3 is 4.42 Å². The van der Waals surface area contributed by atoms with Crippen molar-refractivity contribution in [3.63, 3.8) is 0 Å². The third-order valence-electron chi connectivity index (χ3n) is 2.23. The van der Waals surface area contributed by atoms with Gasteiger partial charge in [0.25, 0.3) is 0 Å². The van der Waals surface area contributed by atoms with E-state index in [0.717, 1.165) is 26.7 Å². The summed E-state index contributed by atoms with van der Waals surface area (Å²) < 4.78 is 5.48. The molecule has 0 amide bonds. The Labute approximate surface area is 102 Å². The first-order valence-electron chi connectivity index (χ1n) is 4.74. The maximum absolute atomic E-state index is 5.48. The van der Waals surface area contributed by atoms with Crippen LogP contribution in [-0.4, -0.2) is 9.97 Å². The van der Waals surface area contributed by atoms with E-state index in [2.05, 4.69) is 22.6 Å². The summed E-state index contributed by atoms with van der Waals surface area (Å²) in [7, 11) is 0. The molecule has 0 aliphatic heterocycles. The molecule has 5 heteroatoms. The van der Waals surface area contributed by atoms with Crippen molar-refractivity contribution in [2.75, 3.05) is 0 Å². The molecule has 0 aliphatic carbocycles. The second-order valence-electron chi connectivity index (χ2n) is 3.43. The van der Waals surface area contributed by atoms with E-state index in [9.17, 15) is 0 Å². The van der Waals surface area contributed by atoms with E-state index in [4.69, 9.17) is 4.42 Å². The molecule has 3 aromatic rings. The highest BCUT2D eigenvalue weighted by Gasteiger charge is 2.07. The summed E-state index contributed by atoms with van der Waals surface area (Å²) in [6.45, 7) is 1.84. The topological polar surface area (TPSA) is 38.9 Å². The van der Waals surface area contributed by atoms with Crippen LogP contribution in [0.1, 0.15) is 5.89 Å². The molecular weight excluding hydrogens is 240 g/mol. The molecule has 0 saturated heterocycles. The minimum atomic E-state index is 0.682. The van der Waals surface area contributed by atoms with Gasteiger partial charge >= 0.3 is 0 Å². The summed E-state index contributed by atoms with van der Waals surface area (Å²) in [6, 6.07) is 5.90. The van der Waals surface area contributed by atoms with Gasteiger partial charge in [0.2, 0.25) is 0 Å². The first-order chi connectivity index (χ1) is 7.72. The number of oxazole rings is 1. The smallest absolute Gasteiger partial charge is 0.192 e. The normalized spacial score (nSPS) is 11.1. The summed E-state index contributed by atoms with van der Waals surface area (Å²) in [6.07, 6.45) is 0. The zero-order chi connectivity index (χ0) is 11.1. The molecule has 0 N–H and O–H groups in total. The first kappa shape index (κ1) is 9.86. The second kappa shape index (κ2) is 3.61. The molecule has 3 rings (SSSR count). The van der Waals surface area contributed by atoms with Crippen molar-refractivity contribution in [2.45, 2.75) is 11.9 Å². The Morgan fingerprint density at radius 2 is 2.19 bits per heavy atom. The number of aromatic nitrogens is 2. The number of hydrogen-bond donors (Lipinski definition) is 1. The zero-order valence-electron chi connectivity index (χ0n) is 8.47. The molecule has 0 atom stereocenters. The van der Waals surface area contributed by atoms with Gasteiger partial charge in [-0.2, -0.15) is 0 Å². The van der Waals surface area contributed by atoms with Crippen molar-refractivity contribution in [1.82, 2.24) is 9.97 Å². The number of thiol groups is 1. The van der Waals surface area contributed by atoms with Crippen LogP contribution in [0, 0.1) is 6.92 Å². The van der Waals surface area contributed by atoms with E-state index < -0.39 is 0 Å². The highest BCUT2D eigenvalue weighted by atomic mass is 32.1. The molecule has 3 nitrogen and oxygen atoms in total. The Morgan fingerprint density at radius 3 is 2.94 bits per heavy atom. The summed E-state index contributed by atoms with van der Waals surface area (Å²) in [5, 5.41) is 3.60. The molecule has 0 unspecified atom stereocenters. The van der Waals surface area contributed by atoms with Crippen LogP contribution < -0.4 is 0 Å². The quantitative estimate of drug-likeness (QED) is 0.669. The third-order valence-corrected chi connectivity index (χ3v) is 3.53. The molecule has 2 aromatic heterocycles. The van der Waals surface area contributed by atoms with Gasteiger partial charge in [-0.15, -0.1) is 24.0 Å². The number of rotatable bonds is 1. The molecule has 2 heterocycles. The zero-order valence-corrected chi connectivity index (χ0v) is 10.2. The van der Waals surface area contributed by atoms with E-state index in [-0.39, 0.29) is 0 Å². The highest BCUT2D eigenvalue weighted by molar-refractivity contribution is 7.80. The van der Waals surface area contributed by atoms with Crippen LogP contribution in [0.4, 0.5) is 0 Å². The van der Waals surface area contributed by atoms with Crippen LogP contribution in [0.2, 0.25) is 0 Å². The highest BCUT2D eigenvalue weighted by Crippen LogP contribution is 2.28. The maximum atomic E-state index is 5.48. The number of fused-ring (bicyclic) bond motifs is 1. The van der Waals surface area contributed by atoms with Crippen molar-refractivity contribution < 1.29 is 4.42 Å². The van der Waals surface area contributed by atoms with Crippen molar-refractivity contribution in [2.24, 2.45) is 0 Å². The lowest BCUT2D eigenvalue weighted by Crippen LogP contribution is -1.76. The van der Waals surface area contributed by atoms with Crippen LogP contribution in [0.5, 0.6) is 0 Å². The van der Waals surface area contributed by atoms with Crippen LogP contribution in [0.3, 0.4) is 0 Å². The largest absolute Gasteiger partial charge is 0.441 e. The van der Waals surface area contributed by atoms with Gasteiger partial charge in [0.15, 0.2) is 11.5 Å². The van der Waals surface area contributed by atoms with E-state index in [1.54, 1.807) is 11.3 Å². The SMILES string of the molecule is Cc1nc2ccc(-c3nc(S)cs3)cc2o1. The van der Waals surface area contributed by atoms with E-state index in [1.807, 2.05) is 30.5 Å². The molecule has 0 aliphatic rings. The fourth-order valence-corrected chi connectivity index (χ4v) is 2.58. The van der Waals surface area contributed by atoms with Gasteiger partial charge in [-0.05, 0) is 18.2 Å². The number of thiazole rings is 1. The molecule has 0 bridgehead atoms. The lowest BCUT2D eigenvalue weighted by atomic mass is 10.2. The fourth-order valence-electron chi connectivity index (χ4n) is 1.57. The summed E-state index contributed by atoms with van der Waals surface area (Å²) in [4.78, 5) is 8.57. The van der Waals surface area contributed by atoms with Crippen molar-refractivity contribution >= 4 is 35.1 Å². The van der Waals surface area contributed by atoms with Crippen LogP contribution in [0.25, 0.3) is 21.7 Å². The van der Waals surface area contributed by atoms with E-state index in [0.29, 0.717) is 5.89 Å². The monoisotopic (exact) mass is 248 g/mol. The maximum Gasteiger partial charge on any atom is 0.192 e. The number of hydrogen-bond acceptors (Lipinski definition) is 5. The van der Waals surface area contributed by atoms with Gasteiger partial charge in [0.05, 0.1) is 0 Å². The van der Waals surface area contributed by atoms with Crippen molar-refractivity contribution in [3.05, 3.63) is 29.5 Å². The lowest BCUT2D eigenvalue weighted by Gasteiger charge is -1.94. The van der Waals surface area contributed by atoms with E-state index in [1.165, 1.54) is 0 Å². The van der Waals surface area contributed by atoms with Crippen molar-refractivity contribution in [3.8, 4) is 10.6 Å². The number of benzene rings is 1. The minimum Gasteiger partial charge on any atom is -0.441 e. The second-order valence-corrected chi connectivity index (χ2v) is 4.74. The Balaban J connectivity index is 2.17. The Kier molecular flexibility index (Phi) is 2.22. The number of nitrogens with zero attached hydrogens (tertiary/aromatic N) is 2. The molecule has 0 spiro atoms. The molecule has 1 aromatic carbocycles. The molecule has 0 radical (unpaired) electrons. The minimum absolute atomic E-state index is 0.682. The van der Waals surface area contributed by atoms with Gasteiger partial charge in [-0.3, -0.25) is 0 Å². The average molecular weight is 248 g/mol. The van der Waals surface area contributed by atoms with Gasteiger partial charge in [-0.1, -0.05) is 0 Å². The predicted octanol–water partition coefficient (Wildman–Crippen LogP) is 3.55. The molecule has 16 heavy (non-hydrogen) atoms. The number of aryl methyl sites for hydroxylation is 1. The Morgan fingerprint density at radius 1 is 1.31 bits per heavy atom. The molecule has 80 valence electrons. The Hall–Kier alpha value is -1.33. The van der Waals surface area contributed by atoms with Gasteiger partial charge in [0.1, 0.15) is 15.6 Å². The summed E-state index contributed by atoms with van der Waals surface area (Å²) in [5.41, 5.74) is 2.71. The Bertz CT molecular complexity index is 657. The third kappa shape index (κ3) is 1.62. The molecule has 0 fully saturated rings. The van der Waals surface area contributed by atoms with Gasteiger partial charge in [0, 0.05) is 17.9 Å². The first-order valence-corrected chi connectivity index (χ1v) is 6.07. The lowest BCUT2D eigenvalue weighted by molar-refractivity contribution is 0.561. The average Bonchev–Trinajstić information content (AvgIpc) is 2.81. The molecular formula is C11H8N2OS2. The van der Waals surface area contributed by atoms with Crippen LogP contribution >= 0.6 is 24.0 Å². The molecule has 0 saturated carbocycles. The van der Waals surface area contributed by atoms with Crippen LogP contribution in [-0.2, 0) is 0 Å². The standard InChI is InChI=1S/C11H8N2OS2/c1-6-12-8-3-2-7(4-9(8)14-6)11-13-10(15)5-16-11/h2-5,15H,1H3. The van der Waals surface area contributed by atoms with Crippen LogP contribution in [0.15, 0.2) is 33.0 Å². The van der Waals surface area contributed by atoms with E-state index >= 15 is 0 Å². The summed E-state index contributed by atoms with van der Waals surface area (Å²) in [5.74, 6) is 0.682. The van der Waals surface area contributed by atoms with Gasteiger partial charge in [-0.25, -0.2) is 9.97 Å². The fraction of sp³-hybridized carbons (Fsp3) is 0.0909. The predicted molar refractivity (Wildman–Crippen MR) is 67.1 cm³/mol. The summed E-state index contributed by atoms with van der Waals surface area (Å²) >= 11 is 5.77. The van der Waals surface area contributed by atoms with Crippen molar-refractivity contribution in [1.29, 1.82) is 0 Å².